The molecule has 1 atom stereocenters. The Kier molecular flexibility index (Phi) is 9.24. The number of anilines is 1. The Balaban J connectivity index is 2.08. The number of benzene rings is 3. The molecule has 196 valence electrons. The van der Waals surface area contributed by atoms with Crippen molar-refractivity contribution in [2.75, 3.05) is 25.0 Å². The summed E-state index contributed by atoms with van der Waals surface area (Å²) in [5.74, 6) is -1.17. The normalized spacial score (nSPS) is 11.9. The number of sulfonamides is 1. The fourth-order valence-electron chi connectivity index (χ4n) is 3.94. The molecule has 0 fully saturated rings. The summed E-state index contributed by atoms with van der Waals surface area (Å²) in [5.41, 5.74) is 0.767. The van der Waals surface area contributed by atoms with E-state index in [2.05, 4.69) is 5.32 Å². The highest BCUT2D eigenvalue weighted by Crippen LogP contribution is 2.32. The van der Waals surface area contributed by atoms with Crippen LogP contribution in [-0.4, -0.2) is 51.9 Å². The van der Waals surface area contributed by atoms with Crippen LogP contribution in [0, 0.1) is 5.82 Å². The monoisotopic (exact) mass is 527 g/mol. The van der Waals surface area contributed by atoms with Gasteiger partial charge in [0.25, 0.3) is 10.0 Å². The average Bonchev–Trinajstić information content (AvgIpc) is 2.92. The molecule has 1 N–H and O–H groups in total. The topological polar surface area (TPSA) is 96.0 Å². The lowest BCUT2D eigenvalue weighted by atomic mass is 10.1. The van der Waals surface area contributed by atoms with Gasteiger partial charge in [-0.2, -0.15) is 0 Å². The molecule has 3 aromatic carbocycles. The molecule has 8 nitrogen and oxygen atoms in total. The van der Waals surface area contributed by atoms with Gasteiger partial charge in [0.05, 0.1) is 17.7 Å². The SMILES string of the molecule is CCC(C(=O)NC)N(Cc1ccc(F)cc1)C(=O)CN(c1ccccc1OC)S(=O)(=O)c1ccccc1. The molecule has 0 radical (unpaired) electrons. The summed E-state index contributed by atoms with van der Waals surface area (Å²) < 4.78 is 47.4. The van der Waals surface area contributed by atoms with Crippen LogP contribution in [-0.2, 0) is 26.2 Å². The van der Waals surface area contributed by atoms with Gasteiger partial charge in [0.2, 0.25) is 11.8 Å². The van der Waals surface area contributed by atoms with Gasteiger partial charge in [0.1, 0.15) is 24.2 Å². The zero-order valence-corrected chi connectivity index (χ0v) is 21.7. The average molecular weight is 528 g/mol. The number of carbonyl (C=O) groups excluding carboxylic acids is 2. The number of nitrogens with zero attached hydrogens (tertiary/aromatic N) is 2. The zero-order valence-electron chi connectivity index (χ0n) is 20.9. The molecular formula is C27H30FN3O5S. The van der Waals surface area contributed by atoms with Crippen LogP contribution in [0.1, 0.15) is 18.9 Å². The Bertz CT molecular complexity index is 1320. The van der Waals surface area contributed by atoms with E-state index in [1.807, 2.05) is 0 Å². The first kappa shape index (κ1) is 27.7. The van der Waals surface area contributed by atoms with Gasteiger partial charge in [-0.15, -0.1) is 0 Å². The van der Waals surface area contributed by atoms with Gasteiger partial charge in [-0.1, -0.05) is 49.4 Å². The van der Waals surface area contributed by atoms with Crippen molar-refractivity contribution >= 4 is 27.5 Å². The number of ether oxygens (including phenoxy) is 1. The number of carbonyl (C=O) groups is 2. The Morgan fingerprint density at radius 2 is 1.59 bits per heavy atom. The molecule has 0 saturated carbocycles. The predicted octanol–water partition coefficient (Wildman–Crippen LogP) is 3.58. The summed E-state index contributed by atoms with van der Waals surface area (Å²) in [5, 5.41) is 2.56. The quantitative estimate of drug-likeness (QED) is 0.411. The zero-order chi connectivity index (χ0) is 27.0. The molecule has 0 saturated heterocycles. The fraction of sp³-hybridized carbons (Fsp3) is 0.259. The predicted molar refractivity (Wildman–Crippen MR) is 139 cm³/mol. The number of hydrogen-bond acceptors (Lipinski definition) is 5. The van der Waals surface area contributed by atoms with Crippen LogP contribution in [0.3, 0.4) is 0 Å². The minimum atomic E-state index is -4.20. The van der Waals surface area contributed by atoms with E-state index in [1.54, 1.807) is 49.4 Å². The molecule has 0 aromatic heterocycles. The van der Waals surface area contributed by atoms with Gasteiger partial charge < -0.3 is 15.0 Å². The molecule has 0 heterocycles. The van der Waals surface area contributed by atoms with Crippen LogP contribution in [0.2, 0.25) is 0 Å². The summed E-state index contributed by atoms with van der Waals surface area (Å²) in [6.45, 7) is 1.14. The number of amides is 2. The highest BCUT2D eigenvalue weighted by atomic mass is 32.2. The van der Waals surface area contributed by atoms with Gasteiger partial charge in [-0.05, 0) is 48.4 Å². The third kappa shape index (κ3) is 6.45. The van der Waals surface area contributed by atoms with Crippen molar-refractivity contribution in [2.24, 2.45) is 0 Å². The van der Waals surface area contributed by atoms with Crippen LogP contribution in [0.15, 0.2) is 83.8 Å². The van der Waals surface area contributed by atoms with E-state index in [0.717, 1.165) is 4.31 Å². The molecule has 3 aromatic rings. The number of rotatable bonds is 11. The maximum atomic E-state index is 13.8. The van der Waals surface area contributed by atoms with Crippen LogP contribution >= 0.6 is 0 Å². The third-order valence-corrected chi connectivity index (χ3v) is 7.64. The van der Waals surface area contributed by atoms with Crippen molar-refractivity contribution in [1.82, 2.24) is 10.2 Å². The first-order valence-corrected chi connectivity index (χ1v) is 13.1. The first-order valence-electron chi connectivity index (χ1n) is 11.7. The number of hydrogen-bond donors (Lipinski definition) is 1. The second-order valence-electron chi connectivity index (χ2n) is 8.18. The second kappa shape index (κ2) is 12.4. The number of nitrogens with one attached hydrogen (secondary N) is 1. The van der Waals surface area contributed by atoms with E-state index >= 15 is 0 Å². The standard InChI is InChI=1S/C27H30FN3O5S/c1-4-23(27(33)29-2)30(18-20-14-16-21(28)17-15-20)26(32)19-31(24-12-8-9-13-25(24)36-3)37(34,35)22-10-6-5-7-11-22/h5-17,23H,4,18-19H2,1-3H3,(H,29,33). The molecule has 0 bridgehead atoms. The van der Waals surface area contributed by atoms with Crippen molar-refractivity contribution in [2.45, 2.75) is 30.8 Å². The van der Waals surface area contributed by atoms with Crippen molar-refractivity contribution in [3.05, 3.63) is 90.2 Å². The molecule has 0 spiro atoms. The van der Waals surface area contributed by atoms with Gasteiger partial charge in [-0.3, -0.25) is 13.9 Å². The van der Waals surface area contributed by atoms with Crippen LogP contribution in [0.5, 0.6) is 5.75 Å². The summed E-state index contributed by atoms with van der Waals surface area (Å²) in [7, 11) is -1.32. The van der Waals surface area contributed by atoms with E-state index in [9.17, 15) is 22.4 Å². The molecule has 10 heteroatoms. The molecular weight excluding hydrogens is 497 g/mol. The molecule has 2 amide bonds. The van der Waals surface area contributed by atoms with Gasteiger partial charge in [0.15, 0.2) is 0 Å². The molecule has 0 aliphatic rings. The van der Waals surface area contributed by atoms with E-state index < -0.39 is 40.2 Å². The lowest BCUT2D eigenvalue weighted by Gasteiger charge is -2.33. The first-order chi connectivity index (χ1) is 17.7. The number of para-hydroxylation sites is 2. The Labute approximate surface area is 216 Å². The minimum absolute atomic E-state index is 0.00265. The second-order valence-corrected chi connectivity index (χ2v) is 10.0. The van der Waals surface area contributed by atoms with E-state index in [0.29, 0.717) is 5.56 Å². The lowest BCUT2D eigenvalue weighted by molar-refractivity contribution is -0.140. The van der Waals surface area contributed by atoms with Crippen LogP contribution in [0.4, 0.5) is 10.1 Å². The van der Waals surface area contributed by atoms with E-state index in [4.69, 9.17) is 4.74 Å². The van der Waals surface area contributed by atoms with Gasteiger partial charge in [0, 0.05) is 13.6 Å². The molecule has 3 rings (SSSR count). The van der Waals surface area contributed by atoms with Crippen molar-refractivity contribution in [1.29, 1.82) is 0 Å². The third-order valence-electron chi connectivity index (χ3n) is 5.86. The number of halogens is 1. The van der Waals surface area contributed by atoms with Crippen LogP contribution in [0.25, 0.3) is 0 Å². The van der Waals surface area contributed by atoms with Gasteiger partial charge in [-0.25, -0.2) is 12.8 Å². The summed E-state index contributed by atoms with van der Waals surface area (Å²) >= 11 is 0. The fourth-order valence-corrected chi connectivity index (χ4v) is 5.39. The summed E-state index contributed by atoms with van der Waals surface area (Å²) in [6, 6.07) is 18.9. The Hall–Kier alpha value is -3.92. The molecule has 0 aliphatic carbocycles. The van der Waals surface area contributed by atoms with Gasteiger partial charge >= 0.3 is 0 Å². The maximum Gasteiger partial charge on any atom is 0.264 e. The lowest BCUT2D eigenvalue weighted by Crippen LogP contribution is -2.51. The number of methoxy groups -OCH3 is 1. The highest BCUT2D eigenvalue weighted by Gasteiger charge is 2.34. The van der Waals surface area contributed by atoms with Crippen molar-refractivity contribution in [3.63, 3.8) is 0 Å². The Morgan fingerprint density at radius 1 is 0.973 bits per heavy atom. The minimum Gasteiger partial charge on any atom is -0.495 e. The maximum absolute atomic E-state index is 13.8. The van der Waals surface area contributed by atoms with Crippen molar-refractivity contribution in [3.8, 4) is 5.75 Å². The molecule has 37 heavy (non-hydrogen) atoms. The molecule has 1 unspecified atom stereocenters. The van der Waals surface area contributed by atoms with E-state index in [-0.39, 0.29) is 29.3 Å². The Morgan fingerprint density at radius 3 is 2.19 bits per heavy atom. The summed E-state index contributed by atoms with van der Waals surface area (Å²) in [4.78, 5) is 27.8. The summed E-state index contributed by atoms with van der Waals surface area (Å²) in [6.07, 6.45) is 0.284. The van der Waals surface area contributed by atoms with E-state index in [1.165, 1.54) is 55.5 Å². The van der Waals surface area contributed by atoms with Crippen LogP contribution < -0.4 is 14.4 Å². The highest BCUT2D eigenvalue weighted by molar-refractivity contribution is 7.92. The number of likely N-dealkylation sites (N-methyl/N-ethyl adjacent to an activating group) is 1. The smallest absolute Gasteiger partial charge is 0.264 e. The molecule has 0 aliphatic heterocycles. The van der Waals surface area contributed by atoms with Crippen molar-refractivity contribution < 1.29 is 27.1 Å². The largest absolute Gasteiger partial charge is 0.495 e.